The Kier molecular flexibility index (Phi) is 5.44. The summed E-state index contributed by atoms with van der Waals surface area (Å²) in [7, 11) is 1.46. The molecular weight excluding hydrogens is 350 g/mol. The number of nitrogens with one attached hydrogen (secondary N) is 1. The Balaban J connectivity index is 1.81. The fourth-order valence-electron chi connectivity index (χ4n) is 3.18. The molecule has 8 heteroatoms. The van der Waals surface area contributed by atoms with Gasteiger partial charge in [0.2, 0.25) is 0 Å². The van der Waals surface area contributed by atoms with Crippen molar-refractivity contribution in [2.24, 2.45) is 0 Å². The number of nitrogens with zero attached hydrogens (tertiary/aromatic N) is 2. The third kappa shape index (κ3) is 4.11. The summed E-state index contributed by atoms with van der Waals surface area (Å²) in [4.78, 5) is 25.4. The first-order valence-electron chi connectivity index (χ1n) is 8.67. The topological polar surface area (TPSA) is 105 Å². The lowest BCUT2D eigenvalue weighted by molar-refractivity contribution is -0.384. The van der Waals surface area contributed by atoms with Crippen LogP contribution >= 0.6 is 0 Å². The molecule has 142 valence electrons. The van der Waals surface area contributed by atoms with E-state index in [2.05, 4.69) is 10.2 Å². The van der Waals surface area contributed by atoms with Gasteiger partial charge in [-0.25, -0.2) is 0 Å². The van der Waals surface area contributed by atoms with Crippen molar-refractivity contribution >= 4 is 17.3 Å². The standard InChI is InChI=1S/C19H21N3O5/c1-27-18-7-4-13(10-17(18)23)12-20-19(24)15-11-14(22(25)26)5-6-16(15)21-8-2-3-9-21/h4-7,10-11,23H,2-3,8-9,12H2,1H3,(H,20,24). The summed E-state index contributed by atoms with van der Waals surface area (Å²) in [6.07, 6.45) is 2.06. The molecule has 3 rings (SSSR count). The maximum absolute atomic E-state index is 12.7. The molecule has 1 amide bonds. The molecule has 0 bridgehead atoms. The quantitative estimate of drug-likeness (QED) is 0.598. The van der Waals surface area contributed by atoms with Gasteiger partial charge in [-0.15, -0.1) is 0 Å². The fourth-order valence-corrected chi connectivity index (χ4v) is 3.18. The molecule has 0 atom stereocenters. The Hall–Kier alpha value is -3.29. The van der Waals surface area contributed by atoms with Crippen LogP contribution in [-0.2, 0) is 6.54 Å². The molecule has 27 heavy (non-hydrogen) atoms. The van der Waals surface area contributed by atoms with Crippen LogP contribution in [0.2, 0.25) is 0 Å². The summed E-state index contributed by atoms with van der Waals surface area (Å²) in [5.74, 6) is -0.0617. The van der Waals surface area contributed by atoms with E-state index in [9.17, 15) is 20.0 Å². The van der Waals surface area contributed by atoms with E-state index < -0.39 is 10.8 Å². The van der Waals surface area contributed by atoms with Crippen molar-refractivity contribution in [2.45, 2.75) is 19.4 Å². The van der Waals surface area contributed by atoms with E-state index in [1.54, 1.807) is 18.2 Å². The van der Waals surface area contributed by atoms with Crippen LogP contribution in [-0.4, -0.2) is 36.1 Å². The molecule has 1 aliphatic rings. The van der Waals surface area contributed by atoms with Crippen LogP contribution in [0.15, 0.2) is 36.4 Å². The van der Waals surface area contributed by atoms with Crippen LogP contribution in [0.3, 0.4) is 0 Å². The zero-order valence-corrected chi connectivity index (χ0v) is 15.0. The summed E-state index contributed by atoms with van der Waals surface area (Å²) < 4.78 is 5.00. The zero-order valence-electron chi connectivity index (χ0n) is 15.0. The van der Waals surface area contributed by atoms with Gasteiger partial charge >= 0.3 is 0 Å². The second-order valence-electron chi connectivity index (χ2n) is 6.34. The molecule has 1 fully saturated rings. The smallest absolute Gasteiger partial charge is 0.270 e. The molecule has 2 aromatic carbocycles. The number of anilines is 1. The van der Waals surface area contributed by atoms with Crippen LogP contribution in [0.5, 0.6) is 11.5 Å². The average molecular weight is 371 g/mol. The van der Waals surface area contributed by atoms with Crippen molar-refractivity contribution in [1.82, 2.24) is 5.32 Å². The largest absolute Gasteiger partial charge is 0.504 e. The normalized spacial score (nSPS) is 13.4. The highest BCUT2D eigenvalue weighted by molar-refractivity contribution is 6.00. The SMILES string of the molecule is COc1ccc(CNC(=O)c2cc([N+](=O)[O-])ccc2N2CCCC2)cc1O. The van der Waals surface area contributed by atoms with E-state index in [-0.39, 0.29) is 23.5 Å². The molecule has 2 N–H and O–H groups in total. The number of methoxy groups -OCH3 is 1. The highest BCUT2D eigenvalue weighted by atomic mass is 16.6. The third-order valence-electron chi connectivity index (χ3n) is 4.58. The molecule has 0 radical (unpaired) electrons. The predicted molar refractivity (Wildman–Crippen MR) is 100 cm³/mol. The van der Waals surface area contributed by atoms with E-state index in [0.717, 1.165) is 25.9 Å². The number of phenols is 1. The van der Waals surface area contributed by atoms with Gasteiger partial charge in [0.15, 0.2) is 11.5 Å². The van der Waals surface area contributed by atoms with Gasteiger partial charge in [0.25, 0.3) is 11.6 Å². The first kappa shape index (κ1) is 18.5. The number of aromatic hydroxyl groups is 1. The van der Waals surface area contributed by atoms with Crippen molar-refractivity contribution in [3.05, 3.63) is 57.6 Å². The summed E-state index contributed by atoms with van der Waals surface area (Å²) in [6, 6.07) is 9.22. The lowest BCUT2D eigenvalue weighted by Crippen LogP contribution is -2.27. The highest BCUT2D eigenvalue weighted by Gasteiger charge is 2.22. The predicted octanol–water partition coefficient (Wildman–Crippen LogP) is 2.84. The van der Waals surface area contributed by atoms with Crippen molar-refractivity contribution in [1.29, 1.82) is 0 Å². The van der Waals surface area contributed by atoms with Gasteiger partial charge in [-0.3, -0.25) is 14.9 Å². The van der Waals surface area contributed by atoms with Crippen molar-refractivity contribution < 1.29 is 19.6 Å². The van der Waals surface area contributed by atoms with Crippen molar-refractivity contribution in [3.63, 3.8) is 0 Å². The molecule has 0 aliphatic carbocycles. The minimum absolute atomic E-state index is 0.0163. The minimum atomic E-state index is -0.508. The number of benzene rings is 2. The molecule has 8 nitrogen and oxygen atoms in total. The maximum Gasteiger partial charge on any atom is 0.270 e. The number of hydrogen-bond donors (Lipinski definition) is 2. The van der Waals surface area contributed by atoms with E-state index in [1.165, 1.54) is 25.3 Å². The van der Waals surface area contributed by atoms with Crippen molar-refractivity contribution in [2.75, 3.05) is 25.1 Å². The summed E-state index contributed by atoms with van der Waals surface area (Å²) in [5, 5.41) is 23.7. The number of nitro groups is 1. The molecule has 0 unspecified atom stereocenters. The fraction of sp³-hybridized carbons (Fsp3) is 0.316. The number of carbonyl (C=O) groups is 1. The second-order valence-corrected chi connectivity index (χ2v) is 6.34. The molecule has 1 saturated heterocycles. The first-order valence-corrected chi connectivity index (χ1v) is 8.67. The van der Waals surface area contributed by atoms with Gasteiger partial charge in [0, 0.05) is 31.8 Å². The van der Waals surface area contributed by atoms with E-state index in [4.69, 9.17) is 4.74 Å². The lowest BCUT2D eigenvalue weighted by Gasteiger charge is -2.21. The molecule has 0 saturated carbocycles. The van der Waals surface area contributed by atoms with Crippen LogP contribution in [0, 0.1) is 10.1 Å². The summed E-state index contributed by atoms with van der Waals surface area (Å²) >= 11 is 0. The first-order chi connectivity index (χ1) is 13.0. The van der Waals surface area contributed by atoms with E-state index in [1.807, 2.05) is 0 Å². The molecule has 0 spiro atoms. The number of non-ortho nitro benzene ring substituents is 1. The average Bonchev–Trinajstić information content (AvgIpc) is 3.20. The van der Waals surface area contributed by atoms with Crippen LogP contribution < -0.4 is 15.0 Å². The van der Waals surface area contributed by atoms with Gasteiger partial charge in [0.05, 0.1) is 23.3 Å². The molecule has 0 aromatic heterocycles. The number of amides is 1. The molecular formula is C19H21N3O5. The Morgan fingerprint density at radius 2 is 2.00 bits per heavy atom. The Morgan fingerprint density at radius 3 is 2.63 bits per heavy atom. The highest BCUT2D eigenvalue weighted by Crippen LogP contribution is 2.29. The van der Waals surface area contributed by atoms with E-state index >= 15 is 0 Å². The number of phenolic OH excluding ortho intramolecular Hbond substituents is 1. The van der Waals surface area contributed by atoms with Gasteiger partial charge < -0.3 is 20.1 Å². The van der Waals surface area contributed by atoms with Gasteiger partial charge in [0.1, 0.15) is 0 Å². The summed E-state index contributed by atoms with van der Waals surface area (Å²) in [6.45, 7) is 1.83. The molecule has 1 heterocycles. The third-order valence-corrected chi connectivity index (χ3v) is 4.58. The summed E-state index contributed by atoms with van der Waals surface area (Å²) in [5.41, 5.74) is 1.55. The number of nitro benzene ring substituents is 1. The zero-order chi connectivity index (χ0) is 19.4. The molecule has 1 aliphatic heterocycles. The monoisotopic (exact) mass is 371 g/mol. The van der Waals surface area contributed by atoms with E-state index in [0.29, 0.717) is 17.0 Å². The van der Waals surface area contributed by atoms with Crippen molar-refractivity contribution in [3.8, 4) is 11.5 Å². The van der Waals surface area contributed by atoms with Gasteiger partial charge in [-0.2, -0.15) is 0 Å². The van der Waals surface area contributed by atoms with Gasteiger partial charge in [-0.05, 0) is 36.6 Å². The van der Waals surface area contributed by atoms with Crippen LogP contribution in [0.25, 0.3) is 0 Å². The second kappa shape index (κ2) is 7.94. The van der Waals surface area contributed by atoms with Crippen LogP contribution in [0.4, 0.5) is 11.4 Å². The van der Waals surface area contributed by atoms with Crippen LogP contribution in [0.1, 0.15) is 28.8 Å². The van der Waals surface area contributed by atoms with Gasteiger partial charge in [-0.1, -0.05) is 6.07 Å². The Labute approximate surface area is 156 Å². The number of rotatable bonds is 6. The number of hydrogen-bond acceptors (Lipinski definition) is 6. The lowest BCUT2D eigenvalue weighted by atomic mass is 10.1. The Bertz CT molecular complexity index is 862. The number of ether oxygens (including phenoxy) is 1. The number of carbonyl (C=O) groups excluding carboxylic acids is 1. The molecule has 2 aromatic rings. The minimum Gasteiger partial charge on any atom is -0.504 e. The Morgan fingerprint density at radius 1 is 1.26 bits per heavy atom. The maximum atomic E-state index is 12.7.